The van der Waals surface area contributed by atoms with Gasteiger partial charge in [0.1, 0.15) is 0 Å². The minimum atomic E-state index is 0.0497. The number of carbonyl (C=O) groups excluding carboxylic acids is 2. The number of rotatable bonds is 7. The summed E-state index contributed by atoms with van der Waals surface area (Å²) in [5, 5.41) is 5.05. The lowest BCUT2D eigenvalue weighted by Crippen LogP contribution is -2.38. The van der Waals surface area contributed by atoms with E-state index in [4.69, 9.17) is 0 Å². The zero-order valence-electron chi connectivity index (χ0n) is 10.9. The second-order valence-corrected chi connectivity index (χ2v) is 6.62. The van der Waals surface area contributed by atoms with Gasteiger partial charge in [-0.05, 0) is 49.0 Å². The number of hydrogen-bond donors (Lipinski definition) is 1. The number of ketones is 1. The Morgan fingerprint density at radius 1 is 1.21 bits per heavy atom. The summed E-state index contributed by atoms with van der Waals surface area (Å²) in [5.41, 5.74) is 0. The van der Waals surface area contributed by atoms with Gasteiger partial charge in [-0.25, -0.2) is 0 Å². The molecule has 0 atom stereocenters. The first-order valence-electron chi connectivity index (χ1n) is 7.10. The highest BCUT2D eigenvalue weighted by Gasteiger charge is 2.42. The number of amides is 1. The lowest BCUT2D eigenvalue weighted by Gasteiger charge is -2.17. The molecular weight excluding hydrogens is 258 g/mol. The van der Waals surface area contributed by atoms with Gasteiger partial charge in [-0.1, -0.05) is 6.07 Å². The van der Waals surface area contributed by atoms with Gasteiger partial charge in [0.15, 0.2) is 5.78 Å². The van der Waals surface area contributed by atoms with Crippen molar-refractivity contribution in [2.75, 3.05) is 0 Å². The minimum Gasteiger partial charge on any atom is -0.353 e. The number of thiophene rings is 1. The summed E-state index contributed by atoms with van der Waals surface area (Å²) < 4.78 is 0. The smallest absolute Gasteiger partial charge is 0.220 e. The first kappa shape index (κ1) is 12.9. The van der Waals surface area contributed by atoms with Crippen molar-refractivity contribution in [3.63, 3.8) is 0 Å². The highest BCUT2D eigenvalue weighted by Crippen LogP contribution is 2.44. The van der Waals surface area contributed by atoms with Gasteiger partial charge in [0.2, 0.25) is 5.91 Å². The van der Waals surface area contributed by atoms with Crippen molar-refractivity contribution in [2.24, 2.45) is 11.8 Å². The average molecular weight is 277 g/mol. The van der Waals surface area contributed by atoms with E-state index in [0.29, 0.717) is 30.7 Å². The molecule has 0 saturated heterocycles. The Labute approximate surface area is 117 Å². The first-order valence-corrected chi connectivity index (χ1v) is 7.98. The SMILES string of the molecule is O=C(CCC(=O)c1cccs1)NC(C1CC1)C1CC1. The van der Waals surface area contributed by atoms with Crippen LogP contribution in [0.5, 0.6) is 0 Å². The van der Waals surface area contributed by atoms with Crippen molar-refractivity contribution in [2.45, 2.75) is 44.6 Å². The van der Waals surface area contributed by atoms with E-state index >= 15 is 0 Å². The molecule has 4 heteroatoms. The summed E-state index contributed by atoms with van der Waals surface area (Å²) in [6.07, 6.45) is 5.69. The van der Waals surface area contributed by atoms with Crippen LogP contribution in [0, 0.1) is 11.8 Å². The van der Waals surface area contributed by atoms with Crippen molar-refractivity contribution in [3.05, 3.63) is 22.4 Å². The maximum atomic E-state index is 11.9. The van der Waals surface area contributed by atoms with Crippen LogP contribution in [0.25, 0.3) is 0 Å². The fourth-order valence-corrected chi connectivity index (χ4v) is 3.27. The Bertz CT molecular complexity index is 448. The summed E-state index contributed by atoms with van der Waals surface area (Å²) in [6, 6.07) is 4.08. The van der Waals surface area contributed by atoms with Gasteiger partial charge in [-0.15, -0.1) is 11.3 Å². The van der Waals surface area contributed by atoms with E-state index in [0.717, 1.165) is 4.88 Å². The molecule has 0 bridgehead atoms. The second kappa shape index (κ2) is 5.45. The van der Waals surface area contributed by atoms with E-state index < -0.39 is 0 Å². The van der Waals surface area contributed by atoms with Crippen LogP contribution in [0.2, 0.25) is 0 Å². The molecule has 3 rings (SSSR count). The Hall–Kier alpha value is -1.16. The summed E-state index contributed by atoms with van der Waals surface area (Å²) in [5.74, 6) is 1.56. The quantitative estimate of drug-likeness (QED) is 0.779. The molecule has 1 aromatic rings. The predicted molar refractivity (Wildman–Crippen MR) is 75.3 cm³/mol. The number of carbonyl (C=O) groups is 2. The minimum absolute atomic E-state index is 0.0497. The molecule has 2 saturated carbocycles. The molecule has 0 unspecified atom stereocenters. The molecule has 2 aliphatic carbocycles. The zero-order valence-corrected chi connectivity index (χ0v) is 11.7. The fourth-order valence-electron chi connectivity index (χ4n) is 2.58. The average Bonchev–Trinajstić information content (AvgIpc) is 3.33. The van der Waals surface area contributed by atoms with Gasteiger partial charge in [0.05, 0.1) is 4.88 Å². The monoisotopic (exact) mass is 277 g/mol. The third-order valence-electron chi connectivity index (χ3n) is 3.96. The van der Waals surface area contributed by atoms with E-state index in [1.54, 1.807) is 0 Å². The number of Topliss-reactive ketones (excluding diaryl/α,β-unsaturated/α-hetero) is 1. The molecule has 0 radical (unpaired) electrons. The Morgan fingerprint density at radius 3 is 2.42 bits per heavy atom. The highest BCUT2D eigenvalue weighted by atomic mass is 32.1. The van der Waals surface area contributed by atoms with Crippen LogP contribution >= 0.6 is 11.3 Å². The van der Waals surface area contributed by atoms with Crippen LogP contribution in [0.1, 0.15) is 48.2 Å². The van der Waals surface area contributed by atoms with Crippen molar-refractivity contribution < 1.29 is 9.59 Å². The third-order valence-corrected chi connectivity index (χ3v) is 4.87. The van der Waals surface area contributed by atoms with Gasteiger partial charge in [0, 0.05) is 18.9 Å². The fraction of sp³-hybridized carbons (Fsp3) is 0.600. The second-order valence-electron chi connectivity index (χ2n) is 5.67. The van der Waals surface area contributed by atoms with E-state index in [9.17, 15) is 9.59 Å². The van der Waals surface area contributed by atoms with E-state index in [2.05, 4.69) is 5.32 Å². The summed E-state index contributed by atoms with van der Waals surface area (Å²) in [6.45, 7) is 0. The molecule has 102 valence electrons. The molecule has 2 fully saturated rings. The van der Waals surface area contributed by atoms with Crippen molar-refractivity contribution in [1.29, 1.82) is 0 Å². The lowest BCUT2D eigenvalue weighted by molar-refractivity contribution is -0.122. The van der Waals surface area contributed by atoms with Crippen LogP contribution in [0.3, 0.4) is 0 Å². The normalized spacial score (nSPS) is 18.6. The maximum Gasteiger partial charge on any atom is 0.220 e. The highest BCUT2D eigenvalue weighted by molar-refractivity contribution is 7.12. The standard InChI is InChI=1S/C15H19NO2S/c17-12(13-2-1-9-19-13)7-8-14(18)16-15(10-3-4-10)11-5-6-11/h1-2,9-11,15H,3-8H2,(H,16,18). The molecule has 2 aliphatic rings. The molecule has 1 amide bonds. The Morgan fingerprint density at radius 2 is 1.89 bits per heavy atom. The number of nitrogens with one attached hydrogen (secondary N) is 1. The van der Waals surface area contributed by atoms with Crippen LogP contribution in [-0.4, -0.2) is 17.7 Å². The first-order chi connectivity index (χ1) is 9.24. The largest absolute Gasteiger partial charge is 0.353 e. The van der Waals surface area contributed by atoms with E-state index in [-0.39, 0.29) is 11.7 Å². The van der Waals surface area contributed by atoms with Gasteiger partial charge in [-0.2, -0.15) is 0 Å². The van der Waals surface area contributed by atoms with Crippen LogP contribution in [0.15, 0.2) is 17.5 Å². The van der Waals surface area contributed by atoms with Crippen LogP contribution < -0.4 is 5.32 Å². The molecule has 19 heavy (non-hydrogen) atoms. The summed E-state index contributed by atoms with van der Waals surface area (Å²) >= 11 is 1.45. The zero-order chi connectivity index (χ0) is 13.2. The van der Waals surface area contributed by atoms with E-state index in [1.807, 2.05) is 17.5 Å². The topological polar surface area (TPSA) is 46.2 Å². The van der Waals surface area contributed by atoms with Gasteiger partial charge >= 0.3 is 0 Å². The molecule has 1 aromatic heterocycles. The van der Waals surface area contributed by atoms with Crippen molar-refractivity contribution >= 4 is 23.0 Å². The van der Waals surface area contributed by atoms with Gasteiger partial charge in [0.25, 0.3) is 0 Å². The molecule has 1 heterocycles. The summed E-state index contributed by atoms with van der Waals surface area (Å²) in [4.78, 5) is 24.5. The lowest BCUT2D eigenvalue weighted by atomic mass is 10.1. The Balaban J connectivity index is 1.44. The molecule has 0 aromatic carbocycles. The van der Waals surface area contributed by atoms with Gasteiger partial charge < -0.3 is 5.32 Å². The predicted octanol–water partition coefficient (Wildman–Crippen LogP) is 3.02. The maximum absolute atomic E-state index is 11.9. The number of hydrogen-bond acceptors (Lipinski definition) is 3. The Kier molecular flexibility index (Phi) is 3.69. The van der Waals surface area contributed by atoms with Crippen molar-refractivity contribution in [3.8, 4) is 0 Å². The summed E-state index contributed by atoms with van der Waals surface area (Å²) in [7, 11) is 0. The van der Waals surface area contributed by atoms with Crippen LogP contribution in [-0.2, 0) is 4.79 Å². The molecular formula is C15H19NO2S. The molecule has 3 nitrogen and oxygen atoms in total. The van der Waals surface area contributed by atoms with E-state index in [1.165, 1.54) is 37.0 Å². The van der Waals surface area contributed by atoms with Crippen LogP contribution in [0.4, 0.5) is 0 Å². The third kappa shape index (κ3) is 3.44. The molecule has 0 aliphatic heterocycles. The molecule has 1 N–H and O–H groups in total. The van der Waals surface area contributed by atoms with Crippen molar-refractivity contribution in [1.82, 2.24) is 5.32 Å². The molecule has 0 spiro atoms. The van der Waals surface area contributed by atoms with Gasteiger partial charge in [-0.3, -0.25) is 9.59 Å².